The number of nitrogens with zero attached hydrogens (tertiary/aromatic N) is 1. The number of rotatable bonds is 10. The molecule has 2 rings (SSSR count). The van der Waals surface area contributed by atoms with Crippen LogP contribution in [-0.2, 0) is 4.74 Å². The number of hydrogen-bond donors (Lipinski definition) is 3. The maximum absolute atomic E-state index is 13.0. The SMILES string of the molecule is CCNC(=NCC(O)c1ccc(F)cc1)NCCCOC(C)c1ccccc1.I. The van der Waals surface area contributed by atoms with Crippen molar-refractivity contribution in [3.8, 4) is 0 Å². The molecule has 0 aliphatic rings. The first-order chi connectivity index (χ1) is 13.6. The van der Waals surface area contributed by atoms with Gasteiger partial charge in [-0.1, -0.05) is 42.5 Å². The minimum Gasteiger partial charge on any atom is -0.386 e. The standard InChI is InChI=1S/C22H30FN3O2.HI/c1-3-24-22(26-16-21(27)19-10-12-20(23)13-11-19)25-14-7-15-28-17(2)18-8-5-4-6-9-18;/h4-6,8-13,17,21,27H,3,7,14-16H2,1-2H3,(H2,24,25,26);1H. The van der Waals surface area contributed by atoms with Gasteiger partial charge in [-0.05, 0) is 43.5 Å². The van der Waals surface area contributed by atoms with E-state index in [1.807, 2.05) is 32.0 Å². The molecule has 0 aliphatic carbocycles. The smallest absolute Gasteiger partial charge is 0.191 e. The number of nitrogens with one attached hydrogen (secondary N) is 2. The second kappa shape index (κ2) is 14.3. The molecule has 0 amide bonds. The van der Waals surface area contributed by atoms with Gasteiger partial charge in [-0.15, -0.1) is 24.0 Å². The third-order valence-corrected chi connectivity index (χ3v) is 4.27. The molecule has 0 saturated carbocycles. The lowest BCUT2D eigenvalue weighted by Crippen LogP contribution is -2.38. The van der Waals surface area contributed by atoms with E-state index in [0.29, 0.717) is 24.7 Å². The maximum atomic E-state index is 13.0. The first kappa shape index (κ1) is 25.3. The van der Waals surface area contributed by atoms with Gasteiger partial charge in [0, 0.05) is 19.7 Å². The number of hydrogen-bond acceptors (Lipinski definition) is 3. The van der Waals surface area contributed by atoms with E-state index < -0.39 is 6.10 Å². The molecule has 0 radical (unpaired) electrons. The van der Waals surface area contributed by atoms with Gasteiger partial charge >= 0.3 is 0 Å². The van der Waals surface area contributed by atoms with Crippen LogP contribution in [0.15, 0.2) is 59.6 Å². The number of aliphatic hydroxyl groups is 1. The number of aliphatic imine (C=N–C) groups is 1. The Labute approximate surface area is 189 Å². The third-order valence-electron chi connectivity index (χ3n) is 4.27. The van der Waals surface area contributed by atoms with Crippen molar-refractivity contribution in [2.75, 3.05) is 26.2 Å². The van der Waals surface area contributed by atoms with Gasteiger partial charge in [-0.25, -0.2) is 4.39 Å². The fourth-order valence-electron chi connectivity index (χ4n) is 2.67. The highest BCUT2D eigenvalue weighted by atomic mass is 127. The zero-order chi connectivity index (χ0) is 20.2. The van der Waals surface area contributed by atoms with E-state index in [1.165, 1.54) is 17.7 Å². The highest BCUT2D eigenvalue weighted by Crippen LogP contribution is 2.16. The largest absolute Gasteiger partial charge is 0.386 e. The van der Waals surface area contributed by atoms with Crippen LogP contribution in [0.1, 0.15) is 43.6 Å². The molecule has 2 atom stereocenters. The van der Waals surface area contributed by atoms with Crippen LogP contribution in [0, 0.1) is 5.82 Å². The predicted molar refractivity (Wildman–Crippen MR) is 126 cm³/mol. The Hall–Kier alpha value is -1.71. The van der Waals surface area contributed by atoms with Crippen LogP contribution in [0.25, 0.3) is 0 Å². The van der Waals surface area contributed by atoms with Crippen molar-refractivity contribution in [2.24, 2.45) is 4.99 Å². The van der Waals surface area contributed by atoms with Gasteiger partial charge in [-0.3, -0.25) is 4.99 Å². The Morgan fingerprint density at radius 3 is 2.41 bits per heavy atom. The summed E-state index contributed by atoms with van der Waals surface area (Å²) in [4.78, 5) is 4.40. The lowest BCUT2D eigenvalue weighted by Gasteiger charge is -2.15. The number of ether oxygens (including phenoxy) is 1. The summed E-state index contributed by atoms with van der Waals surface area (Å²) in [6.45, 7) is 6.30. The van der Waals surface area contributed by atoms with Crippen LogP contribution in [-0.4, -0.2) is 37.3 Å². The molecule has 160 valence electrons. The van der Waals surface area contributed by atoms with E-state index in [-0.39, 0.29) is 42.4 Å². The summed E-state index contributed by atoms with van der Waals surface area (Å²) in [5.74, 6) is 0.318. The molecule has 7 heteroatoms. The Kier molecular flexibility index (Phi) is 12.5. The van der Waals surface area contributed by atoms with Crippen LogP contribution < -0.4 is 10.6 Å². The Morgan fingerprint density at radius 2 is 1.76 bits per heavy atom. The molecule has 2 unspecified atom stereocenters. The lowest BCUT2D eigenvalue weighted by atomic mass is 10.1. The van der Waals surface area contributed by atoms with E-state index in [9.17, 15) is 9.50 Å². The van der Waals surface area contributed by atoms with E-state index in [0.717, 1.165) is 13.0 Å². The molecule has 0 heterocycles. The summed E-state index contributed by atoms with van der Waals surface area (Å²) < 4.78 is 18.8. The van der Waals surface area contributed by atoms with Gasteiger partial charge in [0.2, 0.25) is 0 Å². The van der Waals surface area contributed by atoms with Crippen molar-refractivity contribution in [3.63, 3.8) is 0 Å². The maximum Gasteiger partial charge on any atom is 0.191 e. The number of aliphatic hydroxyl groups excluding tert-OH is 1. The molecule has 0 bridgehead atoms. The minimum absolute atomic E-state index is 0. The Bertz CT molecular complexity index is 714. The van der Waals surface area contributed by atoms with Gasteiger partial charge in [0.25, 0.3) is 0 Å². The predicted octanol–water partition coefficient (Wildman–Crippen LogP) is 4.20. The number of guanidine groups is 1. The third kappa shape index (κ3) is 9.56. The van der Waals surface area contributed by atoms with Crippen LogP contribution in [0.4, 0.5) is 4.39 Å². The summed E-state index contributed by atoms with van der Waals surface area (Å²) in [5.41, 5.74) is 1.81. The minimum atomic E-state index is -0.772. The highest BCUT2D eigenvalue weighted by Gasteiger charge is 2.08. The van der Waals surface area contributed by atoms with Crippen molar-refractivity contribution in [1.29, 1.82) is 0 Å². The molecule has 3 N–H and O–H groups in total. The quantitative estimate of drug-likeness (QED) is 0.192. The van der Waals surface area contributed by atoms with Crippen molar-refractivity contribution >= 4 is 29.9 Å². The Morgan fingerprint density at radius 1 is 1.07 bits per heavy atom. The van der Waals surface area contributed by atoms with Crippen molar-refractivity contribution in [2.45, 2.75) is 32.5 Å². The van der Waals surface area contributed by atoms with E-state index >= 15 is 0 Å². The normalized spacial score (nSPS) is 13.3. The average Bonchev–Trinajstić information content (AvgIpc) is 2.72. The molecular weight excluding hydrogens is 484 g/mol. The second-order valence-corrected chi connectivity index (χ2v) is 6.49. The molecule has 5 nitrogen and oxygen atoms in total. The Balaban J connectivity index is 0.00000420. The summed E-state index contributed by atoms with van der Waals surface area (Å²) in [6.07, 6.45) is 0.127. The molecule has 2 aromatic carbocycles. The average molecular weight is 515 g/mol. The van der Waals surface area contributed by atoms with Crippen LogP contribution in [0.5, 0.6) is 0 Å². The molecule has 0 fully saturated rings. The van der Waals surface area contributed by atoms with Crippen LogP contribution in [0.2, 0.25) is 0 Å². The van der Waals surface area contributed by atoms with Crippen molar-refractivity contribution < 1.29 is 14.2 Å². The van der Waals surface area contributed by atoms with Gasteiger partial charge in [0.15, 0.2) is 5.96 Å². The van der Waals surface area contributed by atoms with Crippen LogP contribution >= 0.6 is 24.0 Å². The summed E-state index contributed by atoms with van der Waals surface area (Å²) in [7, 11) is 0. The van der Waals surface area contributed by atoms with Gasteiger partial charge in [0.1, 0.15) is 5.82 Å². The summed E-state index contributed by atoms with van der Waals surface area (Å²) in [5, 5.41) is 16.6. The highest BCUT2D eigenvalue weighted by molar-refractivity contribution is 14.0. The van der Waals surface area contributed by atoms with Gasteiger partial charge in [0.05, 0.1) is 18.8 Å². The van der Waals surface area contributed by atoms with Crippen molar-refractivity contribution in [3.05, 3.63) is 71.5 Å². The fraction of sp³-hybridized carbons (Fsp3) is 0.409. The fourth-order valence-corrected chi connectivity index (χ4v) is 2.67. The molecule has 0 saturated heterocycles. The first-order valence-electron chi connectivity index (χ1n) is 9.72. The monoisotopic (exact) mass is 515 g/mol. The molecule has 0 aliphatic heterocycles. The molecule has 0 spiro atoms. The number of halogens is 2. The molecule has 2 aromatic rings. The van der Waals surface area contributed by atoms with E-state index in [4.69, 9.17) is 4.74 Å². The molecule has 29 heavy (non-hydrogen) atoms. The van der Waals surface area contributed by atoms with Crippen LogP contribution in [0.3, 0.4) is 0 Å². The zero-order valence-corrected chi connectivity index (χ0v) is 19.3. The van der Waals surface area contributed by atoms with E-state index in [2.05, 4.69) is 27.8 Å². The number of benzene rings is 2. The van der Waals surface area contributed by atoms with Gasteiger partial charge < -0.3 is 20.5 Å². The lowest BCUT2D eigenvalue weighted by molar-refractivity contribution is 0.0646. The van der Waals surface area contributed by atoms with Gasteiger partial charge in [-0.2, -0.15) is 0 Å². The first-order valence-corrected chi connectivity index (χ1v) is 9.72. The zero-order valence-electron chi connectivity index (χ0n) is 17.0. The van der Waals surface area contributed by atoms with Crippen molar-refractivity contribution in [1.82, 2.24) is 10.6 Å². The topological polar surface area (TPSA) is 65.9 Å². The molecular formula is C22H31FIN3O2. The summed E-state index contributed by atoms with van der Waals surface area (Å²) in [6, 6.07) is 15.9. The second-order valence-electron chi connectivity index (χ2n) is 6.49. The van der Waals surface area contributed by atoms with E-state index in [1.54, 1.807) is 12.1 Å². The summed E-state index contributed by atoms with van der Waals surface area (Å²) >= 11 is 0. The molecule has 0 aromatic heterocycles.